The van der Waals surface area contributed by atoms with Crippen molar-refractivity contribution in [3.05, 3.63) is 23.7 Å². The van der Waals surface area contributed by atoms with Crippen LogP contribution < -0.4 is 10.6 Å². The predicted molar refractivity (Wildman–Crippen MR) is 84.2 cm³/mol. The molecule has 2 aromatic heterocycles. The van der Waals surface area contributed by atoms with Crippen molar-refractivity contribution in [2.24, 2.45) is 5.92 Å². The molecule has 0 amide bonds. The molecule has 0 bridgehead atoms. The lowest BCUT2D eigenvalue weighted by atomic mass is 10.3. The monoisotopic (exact) mass is 351 g/mol. The van der Waals surface area contributed by atoms with Gasteiger partial charge in [0.1, 0.15) is 11.4 Å². The van der Waals surface area contributed by atoms with Crippen molar-refractivity contribution in [2.45, 2.75) is 32.5 Å². The third-order valence-electron chi connectivity index (χ3n) is 3.97. The Morgan fingerprint density at radius 3 is 2.76 bits per heavy atom. The lowest BCUT2D eigenvalue weighted by Crippen LogP contribution is -2.14. The van der Waals surface area contributed by atoms with Crippen molar-refractivity contribution in [3.63, 3.8) is 0 Å². The molecule has 10 heteroatoms. The molecular weight excluding hydrogens is 335 g/mol. The van der Waals surface area contributed by atoms with E-state index in [-0.39, 0.29) is 23.7 Å². The smallest absolute Gasteiger partial charge is 0.370 e. The van der Waals surface area contributed by atoms with Crippen LogP contribution >= 0.6 is 0 Å². The van der Waals surface area contributed by atoms with Crippen molar-refractivity contribution in [1.29, 1.82) is 5.26 Å². The molecule has 1 fully saturated rings. The van der Waals surface area contributed by atoms with E-state index >= 15 is 0 Å². The number of halogens is 3. The first-order chi connectivity index (χ1) is 11.8. The Hall–Kier alpha value is -2.83. The fraction of sp³-hybridized carbons (Fsp3) is 0.467. The molecule has 2 atom stereocenters. The number of alkyl halides is 3. The van der Waals surface area contributed by atoms with Gasteiger partial charge in [-0.25, -0.2) is 4.98 Å². The molecule has 1 saturated carbocycles. The van der Waals surface area contributed by atoms with Crippen LogP contribution in [-0.2, 0) is 6.18 Å². The van der Waals surface area contributed by atoms with Gasteiger partial charge in [-0.05, 0) is 20.3 Å². The second kappa shape index (κ2) is 6.23. The van der Waals surface area contributed by atoms with Gasteiger partial charge in [-0.3, -0.25) is 4.68 Å². The van der Waals surface area contributed by atoms with Gasteiger partial charge in [0.15, 0.2) is 0 Å². The van der Waals surface area contributed by atoms with Crippen LogP contribution in [0.25, 0.3) is 0 Å². The van der Waals surface area contributed by atoms with Crippen LogP contribution in [0, 0.1) is 24.2 Å². The average Bonchev–Trinajstić information content (AvgIpc) is 3.25. The molecule has 0 spiro atoms. The van der Waals surface area contributed by atoms with Crippen molar-refractivity contribution in [1.82, 2.24) is 19.7 Å². The summed E-state index contributed by atoms with van der Waals surface area (Å²) in [6.45, 7) is 3.80. The molecule has 3 rings (SSSR count). The molecule has 1 aliphatic carbocycles. The topological polar surface area (TPSA) is 91.5 Å². The zero-order valence-corrected chi connectivity index (χ0v) is 13.6. The third kappa shape index (κ3) is 3.35. The highest BCUT2D eigenvalue weighted by atomic mass is 19.4. The molecule has 2 heterocycles. The van der Waals surface area contributed by atoms with Crippen LogP contribution in [0.4, 0.5) is 30.6 Å². The molecule has 1 aliphatic rings. The molecule has 132 valence electrons. The van der Waals surface area contributed by atoms with Gasteiger partial charge in [-0.2, -0.15) is 28.5 Å². The minimum atomic E-state index is -4.53. The van der Waals surface area contributed by atoms with Crippen LogP contribution in [-0.4, -0.2) is 26.3 Å². The molecule has 25 heavy (non-hydrogen) atoms. The van der Waals surface area contributed by atoms with Gasteiger partial charge < -0.3 is 10.6 Å². The molecule has 2 N–H and O–H groups in total. The minimum Gasteiger partial charge on any atom is -0.370 e. The minimum absolute atomic E-state index is 0.0410. The molecule has 0 radical (unpaired) electrons. The maximum absolute atomic E-state index is 13.0. The second-order valence-corrected chi connectivity index (χ2v) is 5.74. The Labute approximate surface area is 141 Å². The highest BCUT2D eigenvalue weighted by Gasteiger charge is 2.41. The van der Waals surface area contributed by atoms with E-state index in [9.17, 15) is 13.2 Å². The van der Waals surface area contributed by atoms with Gasteiger partial charge in [0, 0.05) is 12.7 Å². The van der Waals surface area contributed by atoms with Crippen molar-refractivity contribution in [2.75, 3.05) is 17.2 Å². The van der Waals surface area contributed by atoms with Gasteiger partial charge in [0.2, 0.25) is 5.95 Å². The van der Waals surface area contributed by atoms with E-state index in [0.29, 0.717) is 12.2 Å². The fourth-order valence-corrected chi connectivity index (χ4v) is 2.54. The molecule has 1 unspecified atom stereocenters. The first-order valence-corrected chi connectivity index (χ1v) is 7.74. The second-order valence-electron chi connectivity index (χ2n) is 5.74. The van der Waals surface area contributed by atoms with Crippen LogP contribution in [0.1, 0.15) is 30.6 Å². The van der Waals surface area contributed by atoms with Gasteiger partial charge in [-0.15, -0.1) is 0 Å². The third-order valence-corrected chi connectivity index (χ3v) is 3.97. The summed E-state index contributed by atoms with van der Waals surface area (Å²) in [4.78, 5) is 7.68. The Bertz CT molecular complexity index is 822. The SMILES string of the molecule is CCNc1nc(Nc2cnn(C3C[C@H]3C#N)c2C)ncc1C(F)(F)F. The van der Waals surface area contributed by atoms with E-state index in [2.05, 4.69) is 31.8 Å². The summed E-state index contributed by atoms with van der Waals surface area (Å²) in [5, 5.41) is 18.6. The van der Waals surface area contributed by atoms with Crippen LogP contribution in [0.2, 0.25) is 0 Å². The molecule has 0 aliphatic heterocycles. The number of hydrogen-bond donors (Lipinski definition) is 2. The quantitative estimate of drug-likeness (QED) is 0.859. The number of hydrogen-bond acceptors (Lipinski definition) is 6. The normalized spacial score (nSPS) is 19.4. The van der Waals surface area contributed by atoms with Crippen molar-refractivity contribution < 1.29 is 13.2 Å². The van der Waals surface area contributed by atoms with Gasteiger partial charge in [0.25, 0.3) is 0 Å². The number of nitrogens with one attached hydrogen (secondary N) is 2. The molecule has 0 aromatic carbocycles. The molecule has 0 saturated heterocycles. The first-order valence-electron chi connectivity index (χ1n) is 7.74. The number of anilines is 3. The summed E-state index contributed by atoms with van der Waals surface area (Å²) in [6.07, 6.45) is -1.48. The maximum atomic E-state index is 13.0. The van der Waals surface area contributed by atoms with E-state index in [1.807, 2.05) is 6.92 Å². The summed E-state index contributed by atoms with van der Waals surface area (Å²) in [7, 11) is 0. The highest BCUT2D eigenvalue weighted by molar-refractivity contribution is 5.58. The summed E-state index contributed by atoms with van der Waals surface area (Å²) in [5.41, 5.74) is 0.448. The Morgan fingerprint density at radius 2 is 2.16 bits per heavy atom. The van der Waals surface area contributed by atoms with Crippen molar-refractivity contribution in [3.8, 4) is 6.07 Å². The van der Waals surface area contributed by atoms with Crippen LogP contribution in [0.5, 0.6) is 0 Å². The van der Waals surface area contributed by atoms with Gasteiger partial charge in [0.05, 0.1) is 35.6 Å². The fourth-order valence-electron chi connectivity index (χ4n) is 2.54. The Balaban J connectivity index is 1.84. The summed E-state index contributed by atoms with van der Waals surface area (Å²) in [6, 6.07) is 2.24. The molecule has 7 nitrogen and oxygen atoms in total. The number of nitriles is 1. The number of rotatable bonds is 5. The van der Waals surface area contributed by atoms with E-state index in [1.165, 1.54) is 0 Å². The average molecular weight is 351 g/mol. The summed E-state index contributed by atoms with van der Waals surface area (Å²) >= 11 is 0. The largest absolute Gasteiger partial charge is 0.421 e. The number of aromatic nitrogens is 4. The first kappa shape index (κ1) is 17.0. The Kier molecular flexibility index (Phi) is 4.24. The van der Waals surface area contributed by atoms with E-state index in [4.69, 9.17) is 5.26 Å². The predicted octanol–water partition coefficient (Wildman–Crippen LogP) is 3.26. The van der Waals surface area contributed by atoms with Crippen LogP contribution in [0.3, 0.4) is 0 Å². The zero-order valence-electron chi connectivity index (χ0n) is 13.6. The zero-order chi connectivity index (χ0) is 18.2. The maximum Gasteiger partial charge on any atom is 0.421 e. The number of nitrogens with zero attached hydrogens (tertiary/aromatic N) is 5. The van der Waals surface area contributed by atoms with Gasteiger partial charge in [-0.1, -0.05) is 0 Å². The summed E-state index contributed by atoms with van der Waals surface area (Å²) in [5.74, 6) is -0.280. The highest BCUT2D eigenvalue weighted by Crippen LogP contribution is 2.43. The Morgan fingerprint density at radius 1 is 1.40 bits per heavy atom. The van der Waals surface area contributed by atoms with E-state index in [0.717, 1.165) is 18.3 Å². The van der Waals surface area contributed by atoms with Crippen molar-refractivity contribution >= 4 is 17.5 Å². The van der Waals surface area contributed by atoms with E-state index in [1.54, 1.807) is 17.8 Å². The van der Waals surface area contributed by atoms with Gasteiger partial charge >= 0.3 is 6.18 Å². The lowest BCUT2D eigenvalue weighted by Gasteiger charge is -2.13. The molecule has 2 aromatic rings. The summed E-state index contributed by atoms with van der Waals surface area (Å²) < 4.78 is 40.7. The standard InChI is InChI=1S/C15H16F3N7/c1-3-20-13-10(15(16,17)18)6-21-14(24-13)23-11-7-22-25(8(11)2)12-4-9(12)5-19/h6-7,9,12H,3-4H2,1-2H3,(H2,20,21,23,24)/t9-,12?/m0/s1. The molecular formula is C15H16F3N7. The lowest BCUT2D eigenvalue weighted by molar-refractivity contribution is -0.137. The van der Waals surface area contributed by atoms with Crippen LogP contribution in [0.15, 0.2) is 12.4 Å². The van der Waals surface area contributed by atoms with E-state index < -0.39 is 11.7 Å².